The van der Waals surface area contributed by atoms with Crippen LogP contribution < -0.4 is 10.6 Å². The molecule has 184 valence electrons. The summed E-state index contributed by atoms with van der Waals surface area (Å²) in [5, 5.41) is 16.7. The summed E-state index contributed by atoms with van der Waals surface area (Å²) in [7, 11) is 0. The van der Waals surface area contributed by atoms with E-state index in [2.05, 4.69) is 15.6 Å². The molecule has 0 saturated carbocycles. The van der Waals surface area contributed by atoms with E-state index in [1.54, 1.807) is 29.4 Å². The number of urea groups is 1. The maximum Gasteiger partial charge on any atom is 0.319 e. The number of halogens is 1. The van der Waals surface area contributed by atoms with E-state index in [9.17, 15) is 14.7 Å². The molecule has 3 N–H and O–H groups in total. The minimum Gasteiger partial charge on any atom is -0.393 e. The summed E-state index contributed by atoms with van der Waals surface area (Å²) < 4.78 is 1.90. The van der Waals surface area contributed by atoms with Crippen molar-refractivity contribution >= 4 is 40.1 Å². The predicted molar refractivity (Wildman–Crippen MR) is 140 cm³/mol. The third-order valence-corrected chi connectivity index (χ3v) is 6.64. The molecule has 1 aliphatic rings. The molecule has 0 unspecified atom stereocenters. The lowest BCUT2D eigenvalue weighted by Gasteiger charge is -2.29. The van der Waals surface area contributed by atoms with Crippen LogP contribution in [0, 0.1) is 0 Å². The second kappa shape index (κ2) is 10.4. The molecule has 36 heavy (non-hydrogen) atoms. The van der Waals surface area contributed by atoms with Gasteiger partial charge in [-0.2, -0.15) is 0 Å². The lowest BCUT2D eigenvalue weighted by atomic mass is 10.1. The molecule has 0 spiro atoms. The molecule has 3 amide bonds. The number of fused-ring (bicyclic) bond motifs is 1. The number of nitrogens with one attached hydrogen (secondary N) is 2. The Morgan fingerprint density at radius 1 is 1.08 bits per heavy atom. The number of hydrogen-bond acceptors (Lipinski definition) is 4. The number of aromatic nitrogens is 2. The molecule has 1 aliphatic heterocycles. The summed E-state index contributed by atoms with van der Waals surface area (Å²) in [6.45, 7) is 1.42. The number of amides is 3. The number of benzene rings is 2. The molecule has 9 heteroatoms. The van der Waals surface area contributed by atoms with Crippen LogP contribution in [-0.4, -0.2) is 50.7 Å². The number of anilines is 1. The fourth-order valence-electron chi connectivity index (χ4n) is 4.43. The van der Waals surface area contributed by atoms with Crippen LogP contribution in [-0.2, 0) is 6.54 Å². The summed E-state index contributed by atoms with van der Waals surface area (Å²) >= 11 is 6.65. The molecule has 5 rings (SSSR count). The average molecular weight is 504 g/mol. The SMILES string of the molecule is O=C(NCc1cccnc1)Nc1ccc(-n2cc(C(=O)N3CCC(O)CC3)c3ccccc32)c(Cl)c1. The highest BCUT2D eigenvalue weighted by Crippen LogP contribution is 2.31. The number of piperidine rings is 1. The Morgan fingerprint density at radius 2 is 1.89 bits per heavy atom. The molecule has 3 heterocycles. The molecular weight excluding hydrogens is 478 g/mol. The second-order valence-electron chi connectivity index (χ2n) is 8.79. The van der Waals surface area contributed by atoms with Gasteiger partial charge in [-0.05, 0) is 48.7 Å². The van der Waals surface area contributed by atoms with Gasteiger partial charge < -0.3 is 25.2 Å². The van der Waals surface area contributed by atoms with Crippen LogP contribution in [0.3, 0.4) is 0 Å². The number of carbonyl (C=O) groups is 2. The number of aliphatic hydroxyl groups is 1. The molecule has 0 bridgehead atoms. The Hall–Kier alpha value is -3.88. The Balaban J connectivity index is 1.36. The summed E-state index contributed by atoms with van der Waals surface area (Å²) in [6, 6.07) is 16.3. The van der Waals surface area contributed by atoms with Gasteiger partial charge in [0, 0.05) is 49.3 Å². The molecule has 1 saturated heterocycles. The molecule has 0 atom stereocenters. The number of pyridine rings is 1. The van der Waals surface area contributed by atoms with Crippen LogP contribution in [0.2, 0.25) is 5.02 Å². The first-order chi connectivity index (χ1) is 17.5. The van der Waals surface area contributed by atoms with Crippen molar-refractivity contribution < 1.29 is 14.7 Å². The maximum absolute atomic E-state index is 13.3. The van der Waals surface area contributed by atoms with E-state index >= 15 is 0 Å². The van der Waals surface area contributed by atoms with E-state index in [0.29, 0.717) is 54.4 Å². The van der Waals surface area contributed by atoms with Crippen LogP contribution in [0.25, 0.3) is 16.6 Å². The fourth-order valence-corrected chi connectivity index (χ4v) is 4.70. The van der Waals surface area contributed by atoms with Crippen LogP contribution in [0.15, 0.2) is 73.2 Å². The van der Waals surface area contributed by atoms with Gasteiger partial charge in [-0.1, -0.05) is 35.9 Å². The van der Waals surface area contributed by atoms with Crippen molar-refractivity contribution in [3.05, 3.63) is 89.3 Å². The van der Waals surface area contributed by atoms with Crippen molar-refractivity contribution in [3.63, 3.8) is 0 Å². The molecule has 2 aromatic carbocycles. The minimum absolute atomic E-state index is 0.0588. The van der Waals surface area contributed by atoms with Gasteiger partial charge in [0.1, 0.15) is 0 Å². The van der Waals surface area contributed by atoms with Crippen molar-refractivity contribution in [3.8, 4) is 5.69 Å². The zero-order valence-electron chi connectivity index (χ0n) is 19.5. The van der Waals surface area contributed by atoms with E-state index < -0.39 is 0 Å². The highest BCUT2D eigenvalue weighted by Gasteiger charge is 2.25. The van der Waals surface area contributed by atoms with E-state index in [4.69, 9.17) is 11.6 Å². The van der Waals surface area contributed by atoms with Crippen molar-refractivity contribution in [2.24, 2.45) is 0 Å². The second-order valence-corrected chi connectivity index (χ2v) is 9.20. The zero-order chi connectivity index (χ0) is 25.1. The maximum atomic E-state index is 13.3. The van der Waals surface area contributed by atoms with E-state index in [1.807, 2.05) is 53.2 Å². The summed E-state index contributed by atoms with van der Waals surface area (Å²) in [5.74, 6) is -0.0588. The van der Waals surface area contributed by atoms with Crippen LogP contribution in [0.4, 0.5) is 10.5 Å². The topological polar surface area (TPSA) is 99.5 Å². The van der Waals surface area contributed by atoms with Gasteiger partial charge in [-0.3, -0.25) is 9.78 Å². The lowest BCUT2D eigenvalue weighted by molar-refractivity contribution is 0.0548. The van der Waals surface area contributed by atoms with E-state index in [1.165, 1.54) is 0 Å². The van der Waals surface area contributed by atoms with Gasteiger partial charge >= 0.3 is 6.03 Å². The van der Waals surface area contributed by atoms with Crippen molar-refractivity contribution in [1.29, 1.82) is 0 Å². The molecule has 1 fully saturated rings. The smallest absolute Gasteiger partial charge is 0.319 e. The third kappa shape index (κ3) is 5.05. The number of nitrogens with zero attached hydrogens (tertiary/aromatic N) is 3. The highest BCUT2D eigenvalue weighted by molar-refractivity contribution is 6.33. The fraction of sp³-hybridized carbons (Fsp3) is 0.222. The minimum atomic E-state index is -0.353. The lowest BCUT2D eigenvalue weighted by Crippen LogP contribution is -2.40. The van der Waals surface area contributed by atoms with Crippen LogP contribution >= 0.6 is 11.6 Å². The number of carbonyl (C=O) groups excluding carboxylic acids is 2. The highest BCUT2D eigenvalue weighted by atomic mass is 35.5. The van der Waals surface area contributed by atoms with Crippen molar-refractivity contribution in [2.75, 3.05) is 18.4 Å². The first-order valence-corrected chi connectivity index (χ1v) is 12.2. The van der Waals surface area contributed by atoms with Gasteiger partial charge in [0.25, 0.3) is 5.91 Å². The quantitative estimate of drug-likeness (QED) is 0.370. The number of likely N-dealkylation sites (tertiary alicyclic amines) is 1. The van der Waals surface area contributed by atoms with Gasteiger partial charge in [-0.15, -0.1) is 0 Å². The Kier molecular flexibility index (Phi) is 6.88. The van der Waals surface area contributed by atoms with Gasteiger partial charge in [0.05, 0.1) is 27.9 Å². The normalized spacial score (nSPS) is 14.1. The first-order valence-electron chi connectivity index (χ1n) is 11.8. The first kappa shape index (κ1) is 23.8. The van der Waals surface area contributed by atoms with E-state index in [0.717, 1.165) is 16.5 Å². The van der Waals surface area contributed by atoms with Crippen molar-refractivity contribution in [1.82, 2.24) is 19.8 Å². The van der Waals surface area contributed by atoms with Crippen molar-refractivity contribution in [2.45, 2.75) is 25.5 Å². The number of rotatable bonds is 5. The third-order valence-electron chi connectivity index (χ3n) is 6.34. The molecule has 2 aromatic heterocycles. The monoisotopic (exact) mass is 503 g/mol. The molecule has 0 aliphatic carbocycles. The van der Waals surface area contributed by atoms with Gasteiger partial charge in [-0.25, -0.2) is 4.79 Å². The largest absolute Gasteiger partial charge is 0.393 e. The number of para-hydroxylation sites is 1. The summed E-state index contributed by atoms with van der Waals surface area (Å²) in [6.07, 6.45) is 6.01. The predicted octanol–water partition coefficient (Wildman–Crippen LogP) is 4.60. The van der Waals surface area contributed by atoms with Gasteiger partial charge in [0.15, 0.2) is 0 Å². The van der Waals surface area contributed by atoms with Gasteiger partial charge in [0.2, 0.25) is 0 Å². The van der Waals surface area contributed by atoms with Crippen LogP contribution in [0.5, 0.6) is 0 Å². The van der Waals surface area contributed by atoms with Crippen LogP contribution in [0.1, 0.15) is 28.8 Å². The zero-order valence-corrected chi connectivity index (χ0v) is 20.3. The summed E-state index contributed by atoms with van der Waals surface area (Å²) in [4.78, 5) is 31.5. The number of aliphatic hydroxyl groups excluding tert-OH is 1. The number of hydrogen-bond donors (Lipinski definition) is 3. The average Bonchev–Trinajstić information content (AvgIpc) is 3.28. The Labute approximate surface area is 213 Å². The molecular formula is C27H26ClN5O3. The Bertz CT molecular complexity index is 1400. The van der Waals surface area contributed by atoms with E-state index in [-0.39, 0.29) is 18.0 Å². The molecule has 8 nitrogen and oxygen atoms in total. The standard InChI is InChI=1S/C27H26ClN5O3/c28-23-14-19(31-27(36)30-16-18-4-3-11-29-15-18)7-8-25(23)33-17-22(21-5-1-2-6-24(21)33)26(35)32-12-9-20(34)10-13-32/h1-8,11,14-15,17,20,34H,9-10,12-13,16H2,(H2,30,31,36). The summed E-state index contributed by atoms with van der Waals surface area (Å²) in [5.41, 5.74) is 3.59. The molecule has 0 radical (unpaired) electrons. The molecule has 4 aromatic rings. The Morgan fingerprint density at radius 3 is 2.64 bits per heavy atom.